The van der Waals surface area contributed by atoms with Gasteiger partial charge in [0.25, 0.3) is 5.91 Å². The van der Waals surface area contributed by atoms with Gasteiger partial charge in [-0.25, -0.2) is 8.42 Å². The SMILES string of the molecule is CC[C@H](C)CN(CC(O)C(Cc1ccccc1)NC(=O)c1ccc(O)c(O)c1)S(=O)(=O)c1ccc(OC)cc1. The van der Waals surface area contributed by atoms with Crippen LogP contribution in [-0.4, -0.2) is 66.3 Å². The number of aliphatic hydroxyl groups is 1. The van der Waals surface area contributed by atoms with E-state index in [4.69, 9.17) is 4.74 Å². The molecular weight excluding hydrogens is 520 g/mol. The minimum Gasteiger partial charge on any atom is -0.504 e. The standard InChI is InChI=1S/C29H36N2O7S/c1-4-20(2)18-31(39(36,37)24-13-11-23(38-3)12-14-24)19-28(34)25(16-21-8-6-5-7-9-21)30-29(35)22-10-15-26(32)27(33)17-22/h5-15,17,20,25,28,32-34H,4,16,18-19H2,1-3H3,(H,30,35)/t20-,25?,28?/m0/s1. The van der Waals surface area contributed by atoms with Crippen molar-refractivity contribution in [3.05, 3.63) is 83.9 Å². The number of hydrogen-bond acceptors (Lipinski definition) is 7. The van der Waals surface area contributed by atoms with Crippen LogP contribution in [0.3, 0.4) is 0 Å². The lowest BCUT2D eigenvalue weighted by Crippen LogP contribution is -2.51. The number of benzene rings is 3. The maximum Gasteiger partial charge on any atom is 0.251 e. The van der Waals surface area contributed by atoms with Crippen LogP contribution < -0.4 is 10.1 Å². The molecule has 3 rings (SSSR count). The van der Waals surface area contributed by atoms with Crippen molar-refractivity contribution in [3.63, 3.8) is 0 Å². The predicted octanol–water partition coefficient (Wildman–Crippen LogP) is 3.55. The molecule has 0 aliphatic rings. The number of methoxy groups -OCH3 is 1. The van der Waals surface area contributed by atoms with Crippen LogP contribution >= 0.6 is 0 Å². The van der Waals surface area contributed by atoms with E-state index in [0.717, 1.165) is 18.1 Å². The van der Waals surface area contributed by atoms with Crippen molar-refractivity contribution in [1.29, 1.82) is 0 Å². The third-order valence-corrected chi connectivity index (χ3v) is 8.46. The smallest absolute Gasteiger partial charge is 0.251 e. The average molecular weight is 557 g/mol. The first kappa shape index (κ1) is 29.9. The molecule has 0 aliphatic heterocycles. The molecule has 0 saturated heterocycles. The monoisotopic (exact) mass is 556 g/mol. The molecule has 0 heterocycles. The predicted molar refractivity (Wildman–Crippen MR) is 148 cm³/mol. The minimum atomic E-state index is -3.98. The number of ether oxygens (including phenoxy) is 1. The molecule has 3 atom stereocenters. The van der Waals surface area contributed by atoms with Crippen molar-refractivity contribution in [2.75, 3.05) is 20.2 Å². The van der Waals surface area contributed by atoms with E-state index < -0.39 is 33.8 Å². The number of nitrogens with zero attached hydrogens (tertiary/aromatic N) is 1. The Morgan fingerprint density at radius 2 is 1.64 bits per heavy atom. The second kappa shape index (κ2) is 13.5. The van der Waals surface area contributed by atoms with Gasteiger partial charge in [0, 0.05) is 18.7 Å². The highest BCUT2D eigenvalue weighted by Gasteiger charge is 2.32. The van der Waals surface area contributed by atoms with E-state index in [0.29, 0.717) is 5.75 Å². The average Bonchev–Trinajstić information content (AvgIpc) is 2.94. The van der Waals surface area contributed by atoms with Crippen molar-refractivity contribution in [2.24, 2.45) is 5.92 Å². The van der Waals surface area contributed by atoms with Gasteiger partial charge >= 0.3 is 0 Å². The fourth-order valence-electron chi connectivity index (χ4n) is 4.05. The molecule has 3 aromatic rings. The van der Waals surface area contributed by atoms with Gasteiger partial charge in [0.2, 0.25) is 10.0 Å². The van der Waals surface area contributed by atoms with Crippen LogP contribution in [0.4, 0.5) is 0 Å². The van der Waals surface area contributed by atoms with Crippen LogP contribution in [0.15, 0.2) is 77.7 Å². The lowest BCUT2D eigenvalue weighted by molar-refractivity contribution is 0.0773. The first-order valence-corrected chi connectivity index (χ1v) is 14.2. The summed E-state index contributed by atoms with van der Waals surface area (Å²) in [7, 11) is -2.48. The fourth-order valence-corrected chi connectivity index (χ4v) is 5.63. The molecular formula is C29H36N2O7S. The van der Waals surface area contributed by atoms with Gasteiger partial charge in [-0.3, -0.25) is 4.79 Å². The summed E-state index contributed by atoms with van der Waals surface area (Å²) in [4.78, 5) is 13.1. The van der Waals surface area contributed by atoms with Crippen molar-refractivity contribution >= 4 is 15.9 Å². The summed E-state index contributed by atoms with van der Waals surface area (Å²) in [5, 5.41) is 33.6. The molecule has 10 heteroatoms. The third-order valence-electron chi connectivity index (χ3n) is 6.62. The lowest BCUT2D eigenvalue weighted by atomic mass is 10.00. The number of rotatable bonds is 13. The molecule has 0 spiro atoms. The van der Waals surface area contributed by atoms with Gasteiger partial charge in [0.1, 0.15) is 5.75 Å². The van der Waals surface area contributed by atoms with E-state index >= 15 is 0 Å². The largest absolute Gasteiger partial charge is 0.504 e. The number of hydrogen-bond donors (Lipinski definition) is 4. The Morgan fingerprint density at radius 3 is 2.23 bits per heavy atom. The topological polar surface area (TPSA) is 136 Å². The number of aromatic hydroxyl groups is 2. The van der Waals surface area contributed by atoms with Gasteiger partial charge in [-0.2, -0.15) is 4.31 Å². The molecule has 9 nitrogen and oxygen atoms in total. The van der Waals surface area contributed by atoms with Gasteiger partial charge in [-0.1, -0.05) is 50.6 Å². The molecule has 210 valence electrons. The number of carbonyl (C=O) groups is 1. The van der Waals surface area contributed by atoms with Crippen LogP contribution in [0.5, 0.6) is 17.2 Å². The Labute approximate surface area is 229 Å². The molecule has 1 amide bonds. The molecule has 0 radical (unpaired) electrons. The van der Waals surface area contributed by atoms with Gasteiger partial charge in [0.05, 0.1) is 24.2 Å². The second-order valence-electron chi connectivity index (χ2n) is 9.55. The maximum absolute atomic E-state index is 13.6. The van der Waals surface area contributed by atoms with Crippen LogP contribution in [0.25, 0.3) is 0 Å². The molecule has 0 aliphatic carbocycles. The summed E-state index contributed by atoms with van der Waals surface area (Å²) in [6.07, 6.45) is -0.298. The number of phenolic OH excluding ortho intramolecular Hbond substituents is 2. The molecule has 0 bridgehead atoms. The number of nitrogens with one attached hydrogen (secondary N) is 1. The Bertz CT molecular complexity index is 1330. The summed E-state index contributed by atoms with van der Waals surface area (Å²) >= 11 is 0. The Kier molecular flexibility index (Phi) is 10.3. The highest BCUT2D eigenvalue weighted by atomic mass is 32.2. The summed E-state index contributed by atoms with van der Waals surface area (Å²) in [5.74, 6) is -0.859. The number of sulfonamides is 1. The summed E-state index contributed by atoms with van der Waals surface area (Å²) in [5.41, 5.74) is 0.916. The molecule has 4 N–H and O–H groups in total. The van der Waals surface area contributed by atoms with E-state index in [2.05, 4.69) is 5.32 Å². The summed E-state index contributed by atoms with van der Waals surface area (Å²) < 4.78 is 33.7. The zero-order chi connectivity index (χ0) is 28.6. The normalized spacial score (nSPS) is 14.0. The fraction of sp³-hybridized carbons (Fsp3) is 0.345. The Balaban J connectivity index is 1.91. The molecule has 0 fully saturated rings. The third kappa shape index (κ3) is 7.95. The number of carbonyl (C=O) groups excluding carboxylic acids is 1. The number of aliphatic hydroxyl groups excluding tert-OH is 1. The van der Waals surface area contributed by atoms with Crippen molar-refractivity contribution in [2.45, 2.75) is 43.7 Å². The highest BCUT2D eigenvalue weighted by molar-refractivity contribution is 7.89. The van der Waals surface area contributed by atoms with E-state index in [-0.39, 0.29) is 41.6 Å². The molecule has 2 unspecified atom stereocenters. The minimum absolute atomic E-state index is 0.0207. The molecule has 0 saturated carbocycles. The Morgan fingerprint density at radius 1 is 0.974 bits per heavy atom. The van der Waals surface area contributed by atoms with Crippen LogP contribution in [-0.2, 0) is 16.4 Å². The summed E-state index contributed by atoms with van der Waals surface area (Å²) in [6, 6.07) is 18.1. The second-order valence-corrected chi connectivity index (χ2v) is 11.5. The zero-order valence-corrected chi connectivity index (χ0v) is 23.1. The van der Waals surface area contributed by atoms with E-state index in [9.17, 15) is 28.5 Å². The number of amides is 1. The first-order chi connectivity index (χ1) is 18.5. The lowest BCUT2D eigenvalue weighted by Gasteiger charge is -2.31. The maximum atomic E-state index is 13.6. The van der Waals surface area contributed by atoms with Gasteiger partial charge < -0.3 is 25.4 Å². The van der Waals surface area contributed by atoms with E-state index in [1.165, 1.54) is 35.7 Å². The molecule has 0 aromatic heterocycles. The van der Waals surface area contributed by atoms with Crippen molar-refractivity contribution in [1.82, 2.24) is 9.62 Å². The Hall–Kier alpha value is -3.60. The van der Waals surface area contributed by atoms with Crippen LogP contribution in [0.1, 0.15) is 36.2 Å². The van der Waals surface area contributed by atoms with Crippen molar-refractivity contribution < 1.29 is 33.3 Å². The van der Waals surface area contributed by atoms with Gasteiger partial charge in [-0.05, 0) is 60.4 Å². The van der Waals surface area contributed by atoms with Crippen molar-refractivity contribution in [3.8, 4) is 17.2 Å². The van der Waals surface area contributed by atoms with Crippen LogP contribution in [0, 0.1) is 5.92 Å². The van der Waals surface area contributed by atoms with E-state index in [1.54, 1.807) is 12.1 Å². The number of phenols is 2. The quantitative estimate of drug-likeness (QED) is 0.236. The highest BCUT2D eigenvalue weighted by Crippen LogP contribution is 2.25. The van der Waals surface area contributed by atoms with Gasteiger partial charge in [0.15, 0.2) is 11.5 Å². The van der Waals surface area contributed by atoms with E-state index in [1.807, 2.05) is 44.2 Å². The van der Waals surface area contributed by atoms with Gasteiger partial charge in [-0.15, -0.1) is 0 Å². The van der Waals surface area contributed by atoms with Crippen LogP contribution in [0.2, 0.25) is 0 Å². The first-order valence-electron chi connectivity index (χ1n) is 12.7. The molecule has 39 heavy (non-hydrogen) atoms. The zero-order valence-electron chi connectivity index (χ0n) is 22.3. The summed E-state index contributed by atoms with van der Waals surface area (Å²) in [6.45, 7) is 3.82. The molecule has 3 aromatic carbocycles.